The number of carbonyl (C=O) groups excluding carboxylic acids is 2. The molecule has 1 atom stereocenters. The molecule has 0 spiro atoms. The van der Waals surface area contributed by atoms with Gasteiger partial charge in [0.05, 0.1) is 6.42 Å². The first-order valence-electron chi connectivity index (χ1n) is 9.94. The lowest BCUT2D eigenvalue weighted by Gasteiger charge is -2.29. The van der Waals surface area contributed by atoms with Gasteiger partial charge in [-0.2, -0.15) is 0 Å². The van der Waals surface area contributed by atoms with Crippen LogP contribution in [0.3, 0.4) is 0 Å². The second kappa shape index (κ2) is 10.1. The molecular formula is C24H32N2O2. The van der Waals surface area contributed by atoms with Crippen LogP contribution in [0.15, 0.2) is 48.5 Å². The Bertz CT molecular complexity index is 797. The molecule has 0 heterocycles. The third-order valence-electron chi connectivity index (χ3n) is 4.76. The minimum atomic E-state index is -0.530. The fourth-order valence-corrected chi connectivity index (χ4v) is 3.02. The molecule has 0 aliphatic heterocycles. The minimum Gasteiger partial charge on any atom is -0.354 e. The van der Waals surface area contributed by atoms with Crippen LogP contribution in [0.2, 0.25) is 0 Å². The molecule has 2 aromatic rings. The summed E-state index contributed by atoms with van der Waals surface area (Å²) in [6.07, 6.45) is 0.287. The highest BCUT2D eigenvalue weighted by atomic mass is 16.2. The molecule has 4 nitrogen and oxygen atoms in total. The lowest BCUT2D eigenvalue weighted by molar-refractivity contribution is -0.140. The molecule has 0 fully saturated rings. The number of hydrogen-bond donors (Lipinski definition) is 1. The SMILES string of the molecule is Cc1ccc(CN(C(=O)Cc2cccc(C)c2)C(C)C(=O)NCC(C)C)cc1. The van der Waals surface area contributed by atoms with Crippen LogP contribution in [0, 0.1) is 19.8 Å². The number of carbonyl (C=O) groups is 2. The van der Waals surface area contributed by atoms with E-state index in [1.807, 2.05) is 62.4 Å². The minimum absolute atomic E-state index is 0.0432. The molecule has 0 radical (unpaired) electrons. The van der Waals surface area contributed by atoms with Crippen molar-refractivity contribution in [1.82, 2.24) is 10.2 Å². The van der Waals surface area contributed by atoms with Gasteiger partial charge in [-0.05, 0) is 37.8 Å². The van der Waals surface area contributed by atoms with E-state index < -0.39 is 6.04 Å². The molecule has 2 amide bonds. The van der Waals surface area contributed by atoms with Gasteiger partial charge in [0.15, 0.2) is 0 Å². The van der Waals surface area contributed by atoms with Gasteiger partial charge >= 0.3 is 0 Å². The first kappa shape index (κ1) is 21.7. The molecular weight excluding hydrogens is 348 g/mol. The summed E-state index contributed by atoms with van der Waals surface area (Å²) in [6.45, 7) is 11.0. The number of aryl methyl sites for hydroxylation is 2. The highest BCUT2D eigenvalue weighted by molar-refractivity contribution is 5.88. The van der Waals surface area contributed by atoms with Crippen LogP contribution >= 0.6 is 0 Å². The van der Waals surface area contributed by atoms with Crippen molar-refractivity contribution in [3.05, 3.63) is 70.8 Å². The second-order valence-electron chi connectivity index (χ2n) is 7.99. The molecule has 0 bridgehead atoms. The number of amides is 2. The third-order valence-corrected chi connectivity index (χ3v) is 4.76. The Kier molecular flexibility index (Phi) is 7.80. The lowest BCUT2D eigenvalue weighted by atomic mass is 10.1. The quantitative estimate of drug-likeness (QED) is 0.751. The summed E-state index contributed by atoms with van der Waals surface area (Å²) < 4.78 is 0. The van der Waals surface area contributed by atoms with E-state index in [-0.39, 0.29) is 18.2 Å². The number of hydrogen-bond acceptors (Lipinski definition) is 2. The maximum absolute atomic E-state index is 13.1. The topological polar surface area (TPSA) is 49.4 Å². The molecule has 150 valence electrons. The molecule has 2 rings (SSSR count). The Labute approximate surface area is 169 Å². The van der Waals surface area contributed by atoms with Crippen LogP contribution in [-0.2, 0) is 22.6 Å². The van der Waals surface area contributed by atoms with E-state index in [1.165, 1.54) is 5.56 Å². The summed E-state index contributed by atoms with van der Waals surface area (Å²) in [4.78, 5) is 27.4. The largest absolute Gasteiger partial charge is 0.354 e. The Morgan fingerprint density at radius 1 is 0.929 bits per heavy atom. The van der Waals surface area contributed by atoms with E-state index in [2.05, 4.69) is 19.2 Å². The van der Waals surface area contributed by atoms with Gasteiger partial charge < -0.3 is 10.2 Å². The Balaban J connectivity index is 2.19. The van der Waals surface area contributed by atoms with Gasteiger partial charge in [0.2, 0.25) is 11.8 Å². The number of benzene rings is 2. The number of nitrogens with one attached hydrogen (secondary N) is 1. The molecule has 0 saturated carbocycles. The third kappa shape index (κ3) is 6.52. The van der Waals surface area contributed by atoms with Crippen LogP contribution in [0.1, 0.15) is 43.0 Å². The van der Waals surface area contributed by atoms with E-state index in [1.54, 1.807) is 11.8 Å². The zero-order chi connectivity index (χ0) is 20.7. The van der Waals surface area contributed by atoms with Gasteiger partial charge in [-0.15, -0.1) is 0 Å². The standard InChI is InChI=1S/C24H32N2O2/c1-17(2)15-25-24(28)20(5)26(16-21-11-9-18(3)10-12-21)23(27)14-22-8-6-7-19(4)13-22/h6-13,17,20H,14-16H2,1-5H3,(H,25,28). The zero-order valence-corrected chi connectivity index (χ0v) is 17.7. The fourth-order valence-electron chi connectivity index (χ4n) is 3.02. The van der Waals surface area contributed by atoms with Gasteiger partial charge in [-0.3, -0.25) is 9.59 Å². The van der Waals surface area contributed by atoms with E-state index >= 15 is 0 Å². The zero-order valence-electron chi connectivity index (χ0n) is 17.7. The first-order chi connectivity index (χ1) is 13.3. The normalized spacial score (nSPS) is 11.9. The molecule has 1 N–H and O–H groups in total. The van der Waals surface area contributed by atoms with E-state index in [0.717, 1.165) is 16.7 Å². The number of nitrogens with zero attached hydrogens (tertiary/aromatic N) is 1. The average molecular weight is 381 g/mol. The second-order valence-corrected chi connectivity index (χ2v) is 7.99. The lowest BCUT2D eigenvalue weighted by Crippen LogP contribution is -2.48. The highest BCUT2D eigenvalue weighted by Gasteiger charge is 2.26. The molecule has 0 aliphatic rings. The van der Waals surface area contributed by atoms with Crippen molar-refractivity contribution in [2.75, 3.05) is 6.54 Å². The highest BCUT2D eigenvalue weighted by Crippen LogP contribution is 2.14. The smallest absolute Gasteiger partial charge is 0.242 e. The maximum atomic E-state index is 13.1. The van der Waals surface area contributed by atoms with Gasteiger partial charge in [-0.25, -0.2) is 0 Å². The van der Waals surface area contributed by atoms with Crippen LogP contribution < -0.4 is 5.32 Å². The summed E-state index contributed by atoms with van der Waals surface area (Å²) in [6, 6.07) is 15.5. The van der Waals surface area contributed by atoms with Crippen molar-refractivity contribution < 1.29 is 9.59 Å². The Morgan fingerprint density at radius 3 is 2.21 bits per heavy atom. The van der Waals surface area contributed by atoms with Crippen molar-refractivity contribution in [3.63, 3.8) is 0 Å². The molecule has 0 aromatic heterocycles. The van der Waals surface area contributed by atoms with E-state index in [0.29, 0.717) is 19.0 Å². The average Bonchev–Trinajstić information content (AvgIpc) is 2.65. The summed E-state index contributed by atoms with van der Waals surface area (Å²) in [5, 5.41) is 2.95. The molecule has 28 heavy (non-hydrogen) atoms. The van der Waals surface area contributed by atoms with Gasteiger partial charge in [-0.1, -0.05) is 73.5 Å². The summed E-state index contributed by atoms with van der Waals surface area (Å²) >= 11 is 0. The van der Waals surface area contributed by atoms with E-state index in [4.69, 9.17) is 0 Å². The van der Waals surface area contributed by atoms with Crippen LogP contribution in [0.5, 0.6) is 0 Å². The molecule has 1 unspecified atom stereocenters. The monoisotopic (exact) mass is 380 g/mol. The Morgan fingerprint density at radius 2 is 1.61 bits per heavy atom. The van der Waals surface area contributed by atoms with Crippen LogP contribution in [0.4, 0.5) is 0 Å². The predicted octanol–water partition coefficient (Wildman–Crippen LogP) is 4.04. The molecule has 2 aromatic carbocycles. The predicted molar refractivity (Wildman–Crippen MR) is 114 cm³/mol. The van der Waals surface area contributed by atoms with Crippen LogP contribution in [-0.4, -0.2) is 29.3 Å². The summed E-state index contributed by atoms with van der Waals surface area (Å²) in [5.41, 5.74) is 4.28. The van der Waals surface area contributed by atoms with Gasteiger partial charge in [0.1, 0.15) is 6.04 Å². The van der Waals surface area contributed by atoms with Gasteiger partial charge in [0, 0.05) is 13.1 Å². The fraction of sp³-hybridized carbons (Fsp3) is 0.417. The Hall–Kier alpha value is -2.62. The summed E-state index contributed by atoms with van der Waals surface area (Å²) in [5.74, 6) is 0.210. The van der Waals surface area contributed by atoms with Crippen LogP contribution in [0.25, 0.3) is 0 Å². The molecule has 0 aliphatic carbocycles. The van der Waals surface area contributed by atoms with Gasteiger partial charge in [0.25, 0.3) is 0 Å². The van der Waals surface area contributed by atoms with Crippen molar-refractivity contribution in [2.45, 2.75) is 53.6 Å². The van der Waals surface area contributed by atoms with Crippen molar-refractivity contribution in [2.24, 2.45) is 5.92 Å². The summed E-state index contributed by atoms with van der Waals surface area (Å²) in [7, 11) is 0. The van der Waals surface area contributed by atoms with E-state index in [9.17, 15) is 9.59 Å². The van der Waals surface area contributed by atoms with Crippen molar-refractivity contribution >= 4 is 11.8 Å². The molecule has 4 heteroatoms. The van der Waals surface area contributed by atoms with Crippen molar-refractivity contribution in [1.29, 1.82) is 0 Å². The molecule has 0 saturated heterocycles. The maximum Gasteiger partial charge on any atom is 0.242 e. The number of rotatable bonds is 8. The first-order valence-corrected chi connectivity index (χ1v) is 9.94. The van der Waals surface area contributed by atoms with Crippen molar-refractivity contribution in [3.8, 4) is 0 Å².